The highest BCUT2D eigenvalue weighted by molar-refractivity contribution is 6.09. The Bertz CT molecular complexity index is 457. The van der Waals surface area contributed by atoms with E-state index >= 15 is 0 Å². The monoisotopic (exact) mass is 246 g/mol. The summed E-state index contributed by atoms with van der Waals surface area (Å²) in [6.07, 6.45) is 11.7. The highest BCUT2D eigenvalue weighted by Crippen LogP contribution is 2.22. The van der Waals surface area contributed by atoms with Gasteiger partial charge in [-0.05, 0) is 37.7 Å². The van der Waals surface area contributed by atoms with Crippen LogP contribution in [0.4, 0.5) is 0 Å². The number of carbonyl (C=O) groups is 1. The largest absolute Gasteiger partial charge is 0.289 e. The van der Waals surface area contributed by atoms with Gasteiger partial charge in [-0.2, -0.15) is 5.10 Å². The van der Waals surface area contributed by atoms with E-state index < -0.39 is 0 Å². The van der Waals surface area contributed by atoms with Crippen LogP contribution in [0.25, 0.3) is 0 Å². The van der Waals surface area contributed by atoms with E-state index in [9.17, 15) is 4.79 Å². The predicted molar refractivity (Wildman–Crippen MR) is 72.7 cm³/mol. The molecule has 3 heteroatoms. The van der Waals surface area contributed by atoms with E-state index in [1.54, 1.807) is 4.68 Å². The standard InChI is InChI=1S/C15H22N2O/c1-3-14-13(11-17(2)16-14)15(18)12-9-7-5-4-6-8-10-12/h9,11H,3-8,10H2,1-2H3/b12-9+. The van der Waals surface area contributed by atoms with Gasteiger partial charge in [-0.15, -0.1) is 0 Å². The van der Waals surface area contributed by atoms with Gasteiger partial charge < -0.3 is 0 Å². The number of aromatic nitrogens is 2. The zero-order chi connectivity index (χ0) is 13.0. The van der Waals surface area contributed by atoms with Crippen molar-refractivity contribution in [2.45, 2.75) is 51.9 Å². The Hall–Kier alpha value is -1.38. The fraction of sp³-hybridized carbons (Fsp3) is 0.600. The Morgan fingerprint density at radius 1 is 1.33 bits per heavy atom. The van der Waals surface area contributed by atoms with Crippen LogP contribution in [-0.2, 0) is 13.5 Å². The van der Waals surface area contributed by atoms with Crippen molar-refractivity contribution in [1.82, 2.24) is 9.78 Å². The average molecular weight is 246 g/mol. The lowest BCUT2D eigenvalue weighted by Crippen LogP contribution is -2.06. The molecule has 0 saturated carbocycles. The van der Waals surface area contributed by atoms with Crippen LogP contribution < -0.4 is 0 Å². The SMILES string of the molecule is CCc1nn(C)cc1C(=O)/C1=C/CCCCCC1. The number of Topliss-reactive ketones (excluding diaryl/α,β-unsaturated/α-hetero) is 1. The molecule has 0 atom stereocenters. The molecule has 0 unspecified atom stereocenters. The van der Waals surface area contributed by atoms with E-state index in [2.05, 4.69) is 11.2 Å². The molecule has 0 saturated heterocycles. The zero-order valence-electron chi connectivity index (χ0n) is 11.4. The molecule has 0 N–H and O–H groups in total. The smallest absolute Gasteiger partial charge is 0.192 e. The number of hydrogen-bond donors (Lipinski definition) is 0. The van der Waals surface area contributed by atoms with Crippen molar-refractivity contribution in [2.75, 3.05) is 0 Å². The van der Waals surface area contributed by atoms with Crippen molar-refractivity contribution in [3.05, 3.63) is 29.1 Å². The topological polar surface area (TPSA) is 34.9 Å². The molecule has 98 valence electrons. The van der Waals surface area contributed by atoms with Gasteiger partial charge in [0.1, 0.15) is 0 Å². The molecule has 3 nitrogen and oxygen atoms in total. The third-order valence-corrected chi connectivity index (χ3v) is 3.57. The molecule has 1 aromatic heterocycles. The van der Waals surface area contributed by atoms with E-state index in [-0.39, 0.29) is 5.78 Å². The predicted octanol–water partition coefficient (Wildman–Crippen LogP) is 3.45. The maximum absolute atomic E-state index is 12.5. The molecule has 18 heavy (non-hydrogen) atoms. The summed E-state index contributed by atoms with van der Waals surface area (Å²) < 4.78 is 1.75. The second-order valence-corrected chi connectivity index (χ2v) is 5.03. The molecule has 0 fully saturated rings. The van der Waals surface area contributed by atoms with Crippen molar-refractivity contribution in [3.8, 4) is 0 Å². The third kappa shape index (κ3) is 2.89. The van der Waals surface area contributed by atoms with Crippen molar-refractivity contribution in [1.29, 1.82) is 0 Å². The Labute approximate surface area is 109 Å². The van der Waals surface area contributed by atoms with Crippen LogP contribution >= 0.6 is 0 Å². The zero-order valence-corrected chi connectivity index (χ0v) is 11.4. The maximum atomic E-state index is 12.5. The fourth-order valence-electron chi connectivity index (χ4n) is 2.56. The first-order valence-corrected chi connectivity index (χ1v) is 6.98. The van der Waals surface area contributed by atoms with E-state index in [0.717, 1.165) is 42.5 Å². The van der Waals surface area contributed by atoms with Gasteiger partial charge in [-0.25, -0.2) is 0 Å². The summed E-state index contributed by atoms with van der Waals surface area (Å²) in [4.78, 5) is 12.5. The minimum Gasteiger partial charge on any atom is -0.289 e. The minimum absolute atomic E-state index is 0.196. The molecule has 1 aliphatic carbocycles. The van der Waals surface area contributed by atoms with Crippen molar-refractivity contribution in [3.63, 3.8) is 0 Å². The second kappa shape index (κ2) is 5.98. The molecule has 1 aromatic rings. The van der Waals surface area contributed by atoms with Gasteiger partial charge in [0.2, 0.25) is 0 Å². The van der Waals surface area contributed by atoms with Crippen LogP contribution in [0.15, 0.2) is 17.8 Å². The summed E-state index contributed by atoms with van der Waals surface area (Å²) in [7, 11) is 1.88. The fourth-order valence-corrected chi connectivity index (χ4v) is 2.56. The van der Waals surface area contributed by atoms with Crippen LogP contribution in [0.3, 0.4) is 0 Å². The van der Waals surface area contributed by atoms with Crippen LogP contribution in [0.2, 0.25) is 0 Å². The molecular formula is C15H22N2O. The number of allylic oxidation sites excluding steroid dienone is 2. The lowest BCUT2D eigenvalue weighted by atomic mass is 9.94. The second-order valence-electron chi connectivity index (χ2n) is 5.03. The molecule has 2 rings (SSSR count). The van der Waals surface area contributed by atoms with Crippen molar-refractivity contribution >= 4 is 5.78 Å². The molecule has 0 aromatic carbocycles. The summed E-state index contributed by atoms with van der Waals surface area (Å²) in [5, 5.41) is 4.36. The Morgan fingerprint density at radius 3 is 2.89 bits per heavy atom. The number of hydrogen-bond acceptors (Lipinski definition) is 2. The van der Waals surface area contributed by atoms with E-state index in [1.165, 1.54) is 19.3 Å². The normalized spacial score (nSPS) is 19.8. The van der Waals surface area contributed by atoms with Crippen molar-refractivity contribution < 1.29 is 4.79 Å². The number of ketones is 1. The first kappa shape index (κ1) is 13.1. The Morgan fingerprint density at radius 2 is 2.11 bits per heavy atom. The number of carbonyl (C=O) groups excluding carboxylic acids is 1. The highest BCUT2D eigenvalue weighted by atomic mass is 16.1. The van der Waals surface area contributed by atoms with Crippen LogP contribution in [0.1, 0.15) is 61.5 Å². The van der Waals surface area contributed by atoms with Gasteiger partial charge in [0.05, 0.1) is 11.3 Å². The molecule has 0 amide bonds. The molecule has 1 aliphatic rings. The summed E-state index contributed by atoms with van der Waals surface area (Å²) >= 11 is 0. The number of aryl methyl sites for hydroxylation is 2. The summed E-state index contributed by atoms with van der Waals surface area (Å²) in [5.41, 5.74) is 2.72. The molecule has 0 aliphatic heterocycles. The average Bonchev–Trinajstić information content (AvgIpc) is 2.69. The van der Waals surface area contributed by atoms with E-state index in [0.29, 0.717) is 0 Å². The van der Waals surface area contributed by atoms with Gasteiger partial charge in [0.15, 0.2) is 5.78 Å². The van der Waals surface area contributed by atoms with E-state index in [4.69, 9.17) is 0 Å². The van der Waals surface area contributed by atoms with Gasteiger partial charge in [-0.3, -0.25) is 9.48 Å². The Balaban J connectivity index is 2.23. The summed E-state index contributed by atoms with van der Waals surface area (Å²) in [6, 6.07) is 0. The highest BCUT2D eigenvalue weighted by Gasteiger charge is 2.18. The molecule has 0 spiro atoms. The minimum atomic E-state index is 0.196. The van der Waals surface area contributed by atoms with Gasteiger partial charge in [0, 0.05) is 13.2 Å². The van der Waals surface area contributed by atoms with Crippen molar-refractivity contribution in [2.24, 2.45) is 7.05 Å². The Kier molecular flexibility index (Phi) is 4.34. The molecule has 1 heterocycles. The lowest BCUT2D eigenvalue weighted by molar-refractivity contribution is 0.102. The maximum Gasteiger partial charge on any atom is 0.192 e. The first-order chi connectivity index (χ1) is 8.72. The van der Waals surface area contributed by atoms with Crippen LogP contribution in [0.5, 0.6) is 0 Å². The van der Waals surface area contributed by atoms with Crippen LogP contribution in [0, 0.1) is 0 Å². The van der Waals surface area contributed by atoms with Gasteiger partial charge in [0.25, 0.3) is 0 Å². The summed E-state index contributed by atoms with van der Waals surface area (Å²) in [6.45, 7) is 2.05. The van der Waals surface area contributed by atoms with E-state index in [1.807, 2.05) is 20.2 Å². The molecule has 0 radical (unpaired) electrons. The molecular weight excluding hydrogens is 224 g/mol. The third-order valence-electron chi connectivity index (χ3n) is 3.57. The van der Waals surface area contributed by atoms with Gasteiger partial charge in [-0.1, -0.05) is 25.8 Å². The summed E-state index contributed by atoms with van der Waals surface area (Å²) in [5.74, 6) is 0.196. The first-order valence-electron chi connectivity index (χ1n) is 6.98. The number of nitrogens with zero attached hydrogens (tertiary/aromatic N) is 2. The molecule has 0 bridgehead atoms. The lowest BCUT2D eigenvalue weighted by Gasteiger charge is -2.10. The quantitative estimate of drug-likeness (QED) is 0.766. The van der Waals surface area contributed by atoms with Crippen LogP contribution in [-0.4, -0.2) is 15.6 Å². The number of rotatable bonds is 3. The van der Waals surface area contributed by atoms with Gasteiger partial charge >= 0.3 is 0 Å².